The van der Waals surface area contributed by atoms with Crippen LogP contribution in [0.25, 0.3) is 0 Å². The lowest BCUT2D eigenvalue weighted by Crippen LogP contribution is -2.36. The van der Waals surface area contributed by atoms with Crippen LogP contribution in [0.1, 0.15) is 24.1 Å². The summed E-state index contributed by atoms with van der Waals surface area (Å²) in [5.41, 5.74) is 2.39. The molecule has 2 rings (SSSR count). The van der Waals surface area contributed by atoms with Crippen molar-refractivity contribution in [3.63, 3.8) is 0 Å². The molecule has 0 aliphatic heterocycles. The Kier molecular flexibility index (Phi) is 5.40. The van der Waals surface area contributed by atoms with Gasteiger partial charge in [0.15, 0.2) is 0 Å². The van der Waals surface area contributed by atoms with Gasteiger partial charge in [-0.25, -0.2) is 0 Å². The van der Waals surface area contributed by atoms with Crippen LogP contribution in [0.4, 0.5) is 0 Å². The van der Waals surface area contributed by atoms with Gasteiger partial charge in [0.1, 0.15) is 0 Å². The Morgan fingerprint density at radius 1 is 1.32 bits per heavy atom. The van der Waals surface area contributed by atoms with E-state index in [1.165, 1.54) is 22.5 Å². The summed E-state index contributed by atoms with van der Waals surface area (Å²) in [6.45, 7) is 2.21. The third-order valence-corrected chi connectivity index (χ3v) is 4.23. The van der Waals surface area contributed by atoms with Crippen molar-refractivity contribution in [2.45, 2.75) is 25.4 Å². The molecule has 0 amide bonds. The van der Waals surface area contributed by atoms with Crippen LogP contribution < -0.4 is 5.32 Å². The van der Waals surface area contributed by atoms with Crippen LogP contribution >= 0.6 is 22.9 Å². The van der Waals surface area contributed by atoms with E-state index in [-0.39, 0.29) is 18.7 Å². The van der Waals surface area contributed by atoms with Crippen LogP contribution in [0.3, 0.4) is 0 Å². The lowest BCUT2D eigenvalue weighted by Gasteiger charge is -2.21. The summed E-state index contributed by atoms with van der Waals surface area (Å²) in [6.07, 6.45) is 0.819. The molecule has 0 spiro atoms. The Hall–Kier alpha value is -0.870. The Morgan fingerprint density at radius 3 is 2.63 bits per heavy atom. The van der Waals surface area contributed by atoms with Gasteiger partial charge in [0.25, 0.3) is 0 Å². The van der Waals surface area contributed by atoms with Crippen molar-refractivity contribution in [3.8, 4) is 0 Å². The monoisotopic (exact) mass is 295 g/mol. The Morgan fingerprint density at radius 2 is 2.05 bits per heavy atom. The number of nitrogens with one attached hydrogen (secondary N) is 1. The first-order chi connectivity index (χ1) is 9.19. The second-order valence-electron chi connectivity index (χ2n) is 4.64. The highest BCUT2D eigenvalue weighted by molar-refractivity contribution is 7.14. The molecule has 0 bridgehead atoms. The average Bonchev–Trinajstić information content (AvgIpc) is 2.86. The smallest absolute Gasteiger partial charge is 0.0931 e. The number of benzene rings is 1. The van der Waals surface area contributed by atoms with Gasteiger partial charge in [-0.3, -0.25) is 0 Å². The molecule has 2 unspecified atom stereocenters. The van der Waals surface area contributed by atoms with Crippen molar-refractivity contribution in [3.05, 3.63) is 57.2 Å². The number of halogens is 1. The maximum atomic E-state index is 9.50. The van der Waals surface area contributed by atoms with E-state index in [1.54, 1.807) is 0 Å². The SMILES string of the molecule is CC(NC(CO)Cc1ccccc1)c1csc(Cl)c1. The minimum absolute atomic E-state index is 0.0519. The van der Waals surface area contributed by atoms with E-state index in [0.717, 1.165) is 10.8 Å². The molecule has 2 nitrogen and oxygen atoms in total. The molecule has 4 heteroatoms. The number of aliphatic hydroxyl groups excluding tert-OH is 1. The summed E-state index contributed by atoms with van der Waals surface area (Å²) in [6, 6.07) is 12.4. The van der Waals surface area contributed by atoms with Crippen LogP contribution in [-0.4, -0.2) is 17.8 Å². The lowest BCUT2D eigenvalue weighted by molar-refractivity contribution is 0.232. The molecule has 1 aromatic carbocycles. The topological polar surface area (TPSA) is 32.3 Å². The van der Waals surface area contributed by atoms with Crippen molar-refractivity contribution in [2.75, 3.05) is 6.61 Å². The largest absolute Gasteiger partial charge is 0.395 e. The van der Waals surface area contributed by atoms with Gasteiger partial charge in [-0.1, -0.05) is 41.9 Å². The number of hydrogen-bond acceptors (Lipinski definition) is 3. The van der Waals surface area contributed by atoms with E-state index in [1.807, 2.05) is 24.3 Å². The fourth-order valence-electron chi connectivity index (χ4n) is 2.08. The normalized spacial score (nSPS) is 14.3. The highest BCUT2D eigenvalue weighted by atomic mass is 35.5. The molecule has 1 aromatic heterocycles. The zero-order chi connectivity index (χ0) is 13.7. The molecule has 2 aromatic rings. The molecular weight excluding hydrogens is 278 g/mol. The number of rotatable bonds is 6. The Balaban J connectivity index is 1.95. The zero-order valence-corrected chi connectivity index (χ0v) is 12.4. The van der Waals surface area contributed by atoms with E-state index >= 15 is 0 Å². The summed E-state index contributed by atoms with van der Waals surface area (Å²) in [5, 5.41) is 15.0. The molecule has 0 radical (unpaired) electrons. The zero-order valence-electron chi connectivity index (χ0n) is 10.8. The quantitative estimate of drug-likeness (QED) is 0.852. The Labute approximate surface area is 123 Å². The molecule has 0 aliphatic rings. The molecule has 0 fully saturated rings. The van der Waals surface area contributed by atoms with Gasteiger partial charge in [0, 0.05) is 12.1 Å². The summed E-state index contributed by atoms with van der Waals surface area (Å²) in [7, 11) is 0. The van der Waals surface area contributed by atoms with Crippen LogP contribution in [0.2, 0.25) is 4.34 Å². The Bertz CT molecular complexity index is 500. The number of thiophene rings is 1. The maximum absolute atomic E-state index is 9.50. The van der Waals surface area contributed by atoms with Crippen LogP contribution in [-0.2, 0) is 6.42 Å². The predicted molar refractivity (Wildman–Crippen MR) is 81.9 cm³/mol. The maximum Gasteiger partial charge on any atom is 0.0931 e. The standard InChI is InChI=1S/C15H18ClNOS/c1-11(13-8-15(16)19-10-13)17-14(9-18)7-12-5-3-2-4-6-12/h2-6,8,10-11,14,17-18H,7,9H2,1H3. The van der Waals surface area contributed by atoms with Crippen LogP contribution in [0, 0.1) is 0 Å². The first-order valence-electron chi connectivity index (χ1n) is 6.34. The van der Waals surface area contributed by atoms with E-state index in [0.29, 0.717) is 0 Å². The molecule has 0 saturated carbocycles. The second-order valence-corrected chi connectivity index (χ2v) is 6.18. The van der Waals surface area contributed by atoms with E-state index < -0.39 is 0 Å². The minimum atomic E-state index is 0.0519. The van der Waals surface area contributed by atoms with Gasteiger partial charge >= 0.3 is 0 Å². The molecule has 0 saturated heterocycles. The van der Waals surface area contributed by atoms with Gasteiger partial charge in [0.05, 0.1) is 10.9 Å². The molecule has 102 valence electrons. The van der Waals surface area contributed by atoms with E-state index in [9.17, 15) is 5.11 Å². The van der Waals surface area contributed by atoms with E-state index in [4.69, 9.17) is 11.6 Å². The molecule has 1 heterocycles. The van der Waals surface area contributed by atoms with Crippen molar-refractivity contribution < 1.29 is 5.11 Å². The summed E-state index contributed by atoms with van der Waals surface area (Å²) >= 11 is 7.48. The summed E-state index contributed by atoms with van der Waals surface area (Å²) in [5.74, 6) is 0. The highest BCUT2D eigenvalue weighted by Gasteiger charge is 2.14. The number of aliphatic hydroxyl groups is 1. The molecule has 2 atom stereocenters. The molecule has 0 aliphatic carbocycles. The first kappa shape index (κ1) is 14.5. The summed E-state index contributed by atoms with van der Waals surface area (Å²) < 4.78 is 0.798. The molecule has 2 N–H and O–H groups in total. The highest BCUT2D eigenvalue weighted by Crippen LogP contribution is 2.25. The summed E-state index contributed by atoms with van der Waals surface area (Å²) in [4.78, 5) is 0. The predicted octanol–water partition coefficient (Wildman–Crippen LogP) is 3.66. The van der Waals surface area contributed by atoms with Gasteiger partial charge in [-0.05, 0) is 35.9 Å². The van der Waals surface area contributed by atoms with Gasteiger partial charge in [0.2, 0.25) is 0 Å². The van der Waals surface area contributed by atoms with Crippen molar-refractivity contribution in [2.24, 2.45) is 0 Å². The lowest BCUT2D eigenvalue weighted by atomic mass is 10.0. The molecule has 19 heavy (non-hydrogen) atoms. The fourth-order valence-corrected chi connectivity index (χ4v) is 3.06. The van der Waals surface area contributed by atoms with Crippen molar-refractivity contribution in [1.82, 2.24) is 5.32 Å². The average molecular weight is 296 g/mol. The van der Waals surface area contributed by atoms with Gasteiger partial charge in [-0.15, -0.1) is 11.3 Å². The van der Waals surface area contributed by atoms with Crippen molar-refractivity contribution in [1.29, 1.82) is 0 Å². The second kappa shape index (κ2) is 7.06. The molecular formula is C15H18ClNOS. The van der Waals surface area contributed by atoms with Gasteiger partial charge in [-0.2, -0.15) is 0 Å². The third kappa shape index (κ3) is 4.32. The van der Waals surface area contributed by atoms with Gasteiger partial charge < -0.3 is 10.4 Å². The fraction of sp³-hybridized carbons (Fsp3) is 0.333. The van der Waals surface area contributed by atoms with Crippen LogP contribution in [0.5, 0.6) is 0 Å². The minimum Gasteiger partial charge on any atom is -0.395 e. The van der Waals surface area contributed by atoms with Crippen molar-refractivity contribution >= 4 is 22.9 Å². The third-order valence-electron chi connectivity index (χ3n) is 3.12. The first-order valence-corrected chi connectivity index (χ1v) is 7.59. The number of hydrogen-bond donors (Lipinski definition) is 2. The van der Waals surface area contributed by atoms with Crippen LogP contribution in [0.15, 0.2) is 41.8 Å². The van der Waals surface area contributed by atoms with E-state index in [2.05, 4.69) is 29.8 Å².